The molecule has 90 valence electrons. The Labute approximate surface area is 100 Å². The zero-order valence-electron chi connectivity index (χ0n) is 8.50. The van der Waals surface area contributed by atoms with Crippen LogP contribution in [0.5, 0.6) is 0 Å². The highest BCUT2D eigenvalue weighted by Gasteiger charge is 2.40. The number of aliphatic hydroxyl groups is 1. The van der Waals surface area contributed by atoms with E-state index in [9.17, 15) is 18.3 Å². The molecule has 2 rings (SSSR count). The van der Waals surface area contributed by atoms with Crippen LogP contribution >= 0.6 is 11.6 Å². The van der Waals surface area contributed by atoms with E-state index in [0.29, 0.717) is 15.8 Å². The van der Waals surface area contributed by atoms with Gasteiger partial charge in [0.15, 0.2) is 6.10 Å². The molecular formula is C12H8ClF3O. The molecule has 5 heteroatoms. The maximum Gasteiger partial charge on any atom is 0.418 e. The Morgan fingerprint density at radius 2 is 1.82 bits per heavy atom. The third-order valence-corrected chi connectivity index (χ3v) is 2.72. The SMILES string of the molecule is OC(c1cccc2ccc(Cl)cc12)C(F)(F)F. The largest absolute Gasteiger partial charge is 0.418 e. The first kappa shape index (κ1) is 12.2. The first-order valence-electron chi connectivity index (χ1n) is 4.82. The van der Waals surface area contributed by atoms with E-state index in [-0.39, 0.29) is 5.56 Å². The number of halogens is 4. The van der Waals surface area contributed by atoms with Gasteiger partial charge in [-0.3, -0.25) is 0 Å². The van der Waals surface area contributed by atoms with Crippen molar-refractivity contribution < 1.29 is 18.3 Å². The number of rotatable bonds is 1. The first-order valence-corrected chi connectivity index (χ1v) is 5.20. The van der Waals surface area contributed by atoms with Gasteiger partial charge < -0.3 is 5.11 Å². The Hall–Kier alpha value is -1.26. The van der Waals surface area contributed by atoms with Crippen molar-refractivity contribution in [1.82, 2.24) is 0 Å². The lowest BCUT2D eigenvalue weighted by atomic mass is 10.0. The summed E-state index contributed by atoms with van der Waals surface area (Å²) in [5, 5.41) is 10.5. The third-order valence-electron chi connectivity index (χ3n) is 2.48. The van der Waals surface area contributed by atoms with Crippen molar-refractivity contribution in [2.45, 2.75) is 12.3 Å². The predicted octanol–water partition coefficient (Wildman–Crippen LogP) is 4.09. The fraction of sp³-hybridized carbons (Fsp3) is 0.167. The zero-order valence-corrected chi connectivity index (χ0v) is 9.26. The molecular weight excluding hydrogens is 253 g/mol. The Balaban J connectivity index is 2.65. The molecule has 0 spiro atoms. The lowest BCUT2D eigenvalue weighted by Gasteiger charge is -2.16. The molecule has 0 aliphatic carbocycles. The average Bonchev–Trinajstić information content (AvgIpc) is 2.26. The van der Waals surface area contributed by atoms with Crippen LogP contribution in [-0.2, 0) is 0 Å². The van der Waals surface area contributed by atoms with E-state index in [0.717, 1.165) is 0 Å². The van der Waals surface area contributed by atoms with Crippen molar-refractivity contribution in [3.8, 4) is 0 Å². The lowest BCUT2D eigenvalue weighted by molar-refractivity contribution is -0.206. The molecule has 1 atom stereocenters. The van der Waals surface area contributed by atoms with Crippen LogP contribution in [0.2, 0.25) is 5.02 Å². The van der Waals surface area contributed by atoms with Crippen molar-refractivity contribution in [3.05, 3.63) is 47.0 Å². The molecule has 0 fully saturated rings. The van der Waals surface area contributed by atoms with Gasteiger partial charge in [-0.15, -0.1) is 0 Å². The van der Waals surface area contributed by atoms with Crippen molar-refractivity contribution in [1.29, 1.82) is 0 Å². The van der Waals surface area contributed by atoms with Crippen LogP contribution in [0, 0.1) is 0 Å². The van der Waals surface area contributed by atoms with E-state index in [1.54, 1.807) is 18.2 Å². The van der Waals surface area contributed by atoms with Gasteiger partial charge in [-0.1, -0.05) is 35.9 Å². The maximum atomic E-state index is 12.5. The topological polar surface area (TPSA) is 20.2 Å². The molecule has 0 radical (unpaired) electrons. The molecule has 1 N–H and O–H groups in total. The highest BCUT2D eigenvalue weighted by Crippen LogP contribution is 2.36. The Bertz CT molecular complexity index is 551. The van der Waals surface area contributed by atoms with Gasteiger partial charge in [0, 0.05) is 5.02 Å². The fourth-order valence-corrected chi connectivity index (χ4v) is 1.86. The van der Waals surface area contributed by atoms with Gasteiger partial charge >= 0.3 is 6.18 Å². The van der Waals surface area contributed by atoms with Gasteiger partial charge in [-0.25, -0.2) is 0 Å². The van der Waals surface area contributed by atoms with Gasteiger partial charge in [0.05, 0.1) is 0 Å². The van der Waals surface area contributed by atoms with Gasteiger partial charge in [0.1, 0.15) is 0 Å². The Kier molecular flexibility index (Phi) is 3.02. The van der Waals surface area contributed by atoms with Gasteiger partial charge in [0.25, 0.3) is 0 Å². The van der Waals surface area contributed by atoms with Crippen LogP contribution in [0.3, 0.4) is 0 Å². The molecule has 2 aromatic carbocycles. The second-order valence-electron chi connectivity index (χ2n) is 3.66. The van der Waals surface area contributed by atoms with Gasteiger partial charge in [0.2, 0.25) is 0 Å². The second-order valence-corrected chi connectivity index (χ2v) is 4.09. The standard InChI is InChI=1S/C12H8ClF3O/c13-8-5-4-7-2-1-3-9(10(7)6-8)11(17)12(14,15)16/h1-6,11,17H. The zero-order chi connectivity index (χ0) is 12.6. The van der Waals surface area contributed by atoms with Gasteiger partial charge in [-0.05, 0) is 28.5 Å². The Morgan fingerprint density at radius 3 is 2.47 bits per heavy atom. The summed E-state index contributed by atoms with van der Waals surface area (Å²) in [7, 11) is 0. The molecule has 0 aliphatic rings. The number of alkyl halides is 3. The number of fused-ring (bicyclic) bond motifs is 1. The molecule has 1 unspecified atom stereocenters. The second kappa shape index (κ2) is 4.20. The van der Waals surface area contributed by atoms with Crippen LogP contribution in [0.1, 0.15) is 11.7 Å². The number of aliphatic hydroxyl groups excluding tert-OH is 1. The third kappa shape index (κ3) is 2.37. The van der Waals surface area contributed by atoms with E-state index in [1.807, 2.05) is 0 Å². The van der Waals surface area contributed by atoms with Gasteiger partial charge in [-0.2, -0.15) is 13.2 Å². The molecule has 0 amide bonds. The molecule has 0 aliphatic heterocycles. The minimum atomic E-state index is -4.68. The van der Waals surface area contributed by atoms with Crippen LogP contribution in [0.15, 0.2) is 36.4 Å². The summed E-state index contributed by atoms with van der Waals surface area (Å²) in [5.74, 6) is 0. The normalized spacial score (nSPS) is 13.9. The average molecular weight is 261 g/mol. The van der Waals surface area contributed by atoms with E-state index >= 15 is 0 Å². The summed E-state index contributed by atoms with van der Waals surface area (Å²) in [5.41, 5.74) is -0.183. The minimum Gasteiger partial charge on any atom is -0.379 e. The summed E-state index contributed by atoms with van der Waals surface area (Å²) >= 11 is 5.75. The van der Waals surface area contributed by atoms with E-state index in [2.05, 4.69) is 0 Å². The molecule has 0 saturated heterocycles. The number of hydrogen-bond donors (Lipinski definition) is 1. The lowest BCUT2D eigenvalue weighted by Crippen LogP contribution is -2.20. The van der Waals surface area contributed by atoms with E-state index in [4.69, 9.17) is 11.6 Å². The quantitative estimate of drug-likeness (QED) is 0.819. The maximum absolute atomic E-state index is 12.5. The molecule has 0 saturated carbocycles. The highest BCUT2D eigenvalue weighted by molar-refractivity contribution is 6.31. The first-order chi connectivity index (χ1) is 7.89. The summed E-state index contributed by atoms with van der Waals surface area (Å²) in [6, 6.07) is 9.01. The summed E-state index contributed by atoms with van der Waals surface area (Å²) in [6.07, 6.45) is -7.18. The molecule has 17 heavy (non-hydrogen) atoms. The van der Waals surface area contributed by atoms with Crippen LogP contribution in [0.4, 0.5) is 13.2 Å². The van der Waals surface area contributed by atoms with Crippen LogP contribution < -0.4 is 0 Å². The predicted molar refractivity (Wildman–Crippen MR) is 60.0 cm³/mol. The van der Waals surface area contributed by atoms with Crippen LogP contribution in [0.25, 0.3) is 10.8 Å². The summed E-state index contributed by atoms with van der Waals surface area (Å²) < 4.78 is 37.4. The summed E-state index contributed by atoms with van der Waals surface area (Å²) in [6.45, 7) is 0. The Morgan fingerprint density at radius 1 is 1.12 bits per heavy atom. The summed E-state index contributed by atoms with van der Waals surface area (Å²) in [4.78, 5) is 0. The minimum absolute atomic E-state index is 0.183. The molecule has 0 heterocycles. The monoisotopic (exact) mass is 260 g/mol. The molecule has 1 nitrogen and oxygen atoms in total. The number of hydrogen-bond acceptors (Lipinski definition) is 1. The molecule has 2 aromatic rings. The van der Waals surface area contributed by atoms with Crippen molar-refractivity contribution >= 4 is 22.4 Å². The number of benzene rings is 2. The molecule has 0 bridgehead atoms. The van der Waals surface area contributed by atoms with Crippen molar-refractivity contribution in [2.75, 3.05) is 0 Å². The van der Waals surface area contributed by atoms with Crippen molar-refractivity contribution in [3.63, 3.8) is 0 Å². The smallest absolute Gasteiger partial charge is 0.379 e. The van der Waals surface area contributed by atoms with Crippen molar-refractivity contribution in [2.24, 2.45) is 0 Å². The van der Waals surface area contributed by atoms with E-state index in [1.165, 1.54) is 18.2 Å². The highest BCUT2D eigenvalue weighted by atomic mass is 35.5. The molecule has 0 aromatic heterocycles. The fourth-order valence-electron chi connectivity index (χ4n) is 1.68. The van der Waals surface area contributed by atoms with Crippen LogP contribution in [-0.4, -0.2) is 11.3 Å². The van der Waals surface area contributed by atoms with E-state index < -0.39 is 12.3 Å².